The molecule has 2 aromatic heterocycles. The minimum Gasteiger partial charge on any atom is -0.462 e. The highest BCUT2D eigenvalue weighted by Crippen LogP contribution is 2.33. The van der Waals surface area contributed by atoms with Crippen LogP contribution < -0.4 is 5.43 Å². The highest BCUT2D eigenvalue weighted by atomic mass is 32.2. The van der Waals surface area contributed by atoms with E-state index in [4.69, 9.17) is 21.4 Å². The van der Waals surface area contributed by atoms with Gasteiger partial charge in [-0.2, -0.15) is 5.01 Å². The van der Waals surface area contributed by atoms with Crippen molar-refractivity contribution in [2.75, 3.05) is 6.61 Å². The Morgan fingerprint density at radius 3 is 2.81 bits per heavy atom. The molecule has 1 aromatic carbocycles. The van der Waals surface area contributed by atoms with Gasteiger partial charge in [-0.3, -0.25) is 15.0 Å². The molecule has 0 radical (unpaired) electrons. The van der Waals surface area contributed by atoms with Crippen LogP contribution in [-0.2, 0) is 9.53 Å². The van der Waals surface area contributed by atoms with E-state index in [1.807, 2.05) is 6.07 Å². The zero-order valence-corrected chi connectivity index (χ0v) is 19.1. The van der Waals surface area contributed by atoms with Gasteiger partial charge < -0.3 is 9.15 Å². The second-order valence-electron chi connectivity index (χ2n) is 6.44. The highest BCUT2D eigenvalue weighted by molar-refractivity contribution is 8.26. The quantitative estimate of drug-likeness (QED) is 0.307. The van der Waals surface area contributed by atoms with Crippen LogP contribution in [0.1, 0.15) is 32.7 Å². The maximum atomic E-state index is 12.7. The fourth-order valence-electron chi connectivity index (χ4n) is 2.86. The van der Waals surface area contributed by atoms with E-state index in [0.717, 1.165) is 16.8 Å². The molecular formula is C22H16N2O5S3. The first-order chi connectivity index (χ1) is 15.5. The van der Waals surface area contributed by atoms with Crippen molar-refractivity contribution in [1.82, 2.24) is 10.4 Å². The van der Waals surface area contributed by atoms with Crippen LogP contribution in [0, 0.1) is 0 Å². The van der Waals surface area contributed by atoms with E-state index >= 15 is 0 Å². The predicted octanol–water partition coefficient (Wildman–Crippen LogP) is 4.73. The fraction of sp³-hybridized carbons (Fsp3) is 0.0909. The SMILES string of the molecule is CCOC(=O)c1cccc(-c2ccc(C=C3SC(=S)N(NC(=O)c4cccs4)C3=O)o2)c1. The van der Waals surface area contributed by atoms with Gasteiger partial charge in [0.25, 0.3) is 11.8 Å². The fourth-order valence-corrected chi connectivity index (χ4v) is 4.63. The molecule has 3 aromatic rings. The third-order valence-corrected chi connectivity index (χ3v) is 6.48. The first kappa shape index (κ1) is 22.0. The molecule has 32 heavy (non-hydrogen) atoms. The molecule has 0 aliphatic carbocycles. The Morgan fingerprint density at radius 1 is 1.22 bits per heavy atom. The summed E-state index contributed by atoms with van der Waals surface area (Å²) in [4.78, 5) is 37.8. The van der Waals surface area contributed by atoms with Crippen LogP contribution in [0.5, 0.6) is 0 Å². The number of thiophene rings is 1. The number of rotatable bonds is 6. The van der Waals surface area contributed by atoms with Gasteiger partial charge in [0, 0.05) is 11.6 Å². The molecule has 7 nitrogen and oxygen atoms in total. The Morgan fingerprint density at radius 2 is 2.06 bits per heavy atom. The Labute approximate surface area is 197 Å². The predicted molar refractivity (Wildman–Crippen MR) is 127 cm³/mol. The molecule has 1 saturated heterocycles. The van der Waals surface area contributed by atoms with Crippen molar-refractivity contribution >= 4 is 63.5 Å². The summed E-state index contributed by atoms with van der Waals surface area (Å²) < 4.78 is 11.1. The zero-order valence-electron chi connectivity index (χ0n) is 16.7. The lowest BCUT2D eigenvalue weighted by molar-refractivity contribution is -0.123. The van der Waals surface area contributed by atoms with E-state index in [1.54, 1.807) is 60.8 Å². The largest absolute Gasteiger partial charge is 0.462 e. The normalized spacial score (nSPS) is 14.8. The number of esters is 1. The summed E-state index contributed by atoms with van der Waals surface area (Å²) >= 11 is 7.58. The molecule has 1 aliphatic heterocycles. The van der Waals surface area contributed by atoms with Crippen LogP contribution in [0.25, 0.3) is 17.4 Å². The summed E-state index contributed by atoms with van der Waals surface area (Å²) in [5, 5.41) is 2.83. The molecule has 162 valence electrons. The molecule has 0 spiro atoms. The van der Waals surface area contributed by atoms with Gasteiger partial charge in [0.2, 0.25) is 0 Å². The number of furan rings is 1. The molecule has 1 fully saturated rings. The third-order valence-electron chi connectivity index (χ3n) is 4.31. The number of nitrogens with zero attached hydrogens (tertiary/aromatic N) is 1. The van der Waals surface area contributed by atoms with E-state index in [9.17, 15) is 14.4 Å². The Hall–Kier alpha value is -3.21. The van der Waals surface area contributed by atoms with Gasteiger partial charge in [0.15, 0.2) is 4.32 Å². The van der Waals surface area contributed by atoms with Crippen LogP contribution in [0.15, 0.2) is 63.2 Å². The maximum Gasteiger partial charge on any atom is 0.338 e. The summed E-state index contributed by atoms with van der Waals surface area (Å²) in [5.74, 6) is -0.281. The number of thioether (sulfide) groups is 1. The summed E-state index contributed by atoms with van der Waals surface area (Å²) in [5.41, 5.74) is 3.65. The summed E-state index contributed by atoms with van der Waals surface area (Å²) in [6.45, 7) is 2.04. The maximum absolute atomic E-state index is 12.7. The van der Waals surface area contributed by atoms with E-state index in [0.29, 0.717) is 39.0 Å². The first-order valence-corrected chi connectivity index (χ1v) is 11.6. The van der Waals surface area contributed by atoms with Crippen LogP contribution >= 0.6 is 35.3 Å². The highest BCUT2D eigenvalue weighted by Gasteiger charge is 2.34. The molecule has 4 rings (SSSR count). The van der Waals surface area contributed by atoms with Crippen LogP contribution in [0.4, 0.5) is 0 Å². The number of nitrogens with one attached hydrogen (secondary N) is 1. The third kappa shape index (κ3) is 4.67. The van der Waals surface area contributed by atoms with Gasteiger partial charge in [-0.25, -0.2) is 4.79 Å². The molecule has 0 bridgehead atoms. The molecule has 10 heteroatoms. The molecule has 1 N–H and O–H groups in total. The van der Waals surface area contributed by atoms with Crippen molar-refractivity contribution in [3.8, 4) is 11.3 Å². The Bertz CT molecular complexity index is 1230. The van der Waals surface area contributed by atoms with E-state index in [-0.39, 0.29) is 4.32 Å². The molecule has 1 aliphatic rings. The number of thiocarbonyl (C=S) groups is 1. The van der Waals surface area contributed by atoms with Crippen molar-refractivity contribution in [2.45, 2.75) is 6.92 Å². The summed E-state index contributed by atoms with van der Waals surface area (Å²) in [6, 6.07) is 13.8. The van der Waals surface area contributed by atoms with Crippen molar-refractivity contribution < 1.29 is 23.5 Å². The average Bonchev–Trinajstić information content (AvgIpc) is 3.53. The van der Waals surface area contributed by atoms with E-state index < -0.39 is 17.8 Å². The molecule has 0 unspecified atom stereocenters. The number of hydrogen-bond donors (Lipinski definition) is 1. The van der Waals surface area contributed by atoms with Crippen molar-refractivity contribution in [3.63, 3.8) is 0 Å². The van der Waals surface area contributed by atoms with Crippen LogP contribution in [0.2, 0.25) is 0 Å². The molecule has 0 atom stereocenters. The standard InChI is InChI=1S/C22H16N2O5S3/c1-2-28-21(27)14-6-3-5-13(11-14)16-9-8-15(29-16)12-18-20(26)24(22(30)32-18)23-19(25)17-7-4-10-31-17/h3-12H,2H2,1H3,(H,23,25). The van der Waals surface area contributed by atoms with Gasteiger partial charge in [0.1, 0.15) is 11.5 Å². The first-order valence-electron chi connectivity index (χ1n) is 9.46. The van der Waals surface area contributed by atoms with Gasteiger partial charge in [-0.15, -0.1) is 11.3 Å². The second-order valence-corrected chi connectivity index (χ2v) is 9.06. The lowest BCUT2D eigenvalue weighted by atomic mass is 10.1. The Balaban J connectivity index is 1.50. The average molecular weight is 485 g/mol. The van der Waals surface area contributed by atoms with Crippen molar-refractivity contribution in [3.05, 3.63) is 75.0 Å². The van der Waals surface area contributed by atoms with Gasteiger partial charge in [0.05, 0.1) is 22.0 Å². The lowest BCUT2D eigenvalue weighted by Gasteiger charge is -2.14. The molecule has 3 heterocycles. The number of carbonyl (C=O) groups excluding carboxylic acids is 3. The van der Waals surface area contributed by atoms with Crippen molar-refractivity contribution in [1.29, 1.82) is 0 Å². The number of hydrogen-bond acceptors (Lipinski definition) is 8. The van der Waals surface area contributed by atoms with Crippen LogP contribution in [0.3, 0.4) is 0 Å². The Kier molecular flexibility index (Phi) is 6.54. The van der Waals surface area contributed by atoms with Crippen LogP contribution in [-0.4, -0.2) is 33.7 Å². The summed E-state index contributed by atoms with van der Waals surface area (Å²) in [6.07, 6.45) is 1.56. The topological polar surface area (TPSA) is 88.9 Å². The van der Waals surface area contributed by atoms with E-state index in [1.165, 1.54) is 11.3 Å². The second kappa shape index (κ2) is 9.51. The number of ether oxygens (including phenoxy) is 1. The molecular weight excluding hydrogens is 468 g/mol. The minimum absolute atomic E-state index is 0.222. The number of benzene rings is 1. The number of amides is 2. The van der Waals surface area contributed by atoms with Gasteiger partial charge in [-0.05, 0) is 54.9 Å². The van der Waals surface area contributed by atoms with E-state index in [2.05, 4.69) is 5.43 Å². The summed E-state index contributed by atoms with van der Waals surface area (Å²) in [7, 11) is 0. The number of hydrazine groups is 1. The lowest BCUT2D eigenvalue weighted by Crippen LogP contribution is -2.44. The minimum atomic E-state index is -0.438. The zero-order chi connectivity index (χ0) is 22.7. The van der Waals surface area contributed by atoms with Crippen molar-refractivity contribution in [2.24, 2.45) is 0 Å². The molecule has 2 amide bonds. The van der Waals surface area contributed by atoms with Gasteiger partial charge >= 0.3 is 5.97 Å². The van der Waals surface area contributed by atoms with Gasteiger partial charge in [-0.1, -0.05) is 30.0 Å². The number of carbonyl (C=O) groups is 3. The monoisotopic (exact) mass is 484 g/mol. The smallest absolute Gasteiger partial charge is 0.338 e. The molecule has 0 saturated carbocycles.